The van der Waals surface area contributed by atoms with Crippen molar-refractivity contribution in [2.45, 2.75) is 25.3 Å². The van der Waals surface area contributed by atoms with E-state index in [4.69, 9.17) is 5.11 Å². The molecule has 0 aliphatic carbocycles. The van der Waals surface area contributed by atoms with Crippen molar-refractivity contribution >= 4 is 23.2 Å². The fraction of sp³-hybridized carbons (Fsp3) is 0.368. The second-order valence-corrected chi connectivity index (χ2v) is 7.39. The molecule has 1 amide bonds. The van der Waals surface area contributed by atoms with Crippen LogP contribution in [0.3, 0.4) is 0 Å². The molecule has 6 heteroatoms. The number of benzene rings is 1. The number of carbonyl (C=O) groups is 2. The lowest BCUT2D eigenvalue weighted by atomic mass is 9.89. The van der Waals surface area contributed by atoms with Crippen LogP contribution >= 0.6 is 11.3 Å². The van der Waals surface area contributed by atoms with Gasteiger partial charge in [0.05, 0.1) is 18.7 Å². The summed E-state index contributed by atoms with van der Waals surface area (Å²) in [6.07, 6.45) is 2.04. The van der Waals surface area contributed by atoms with Crippen molar-refractivity contribution in [1.82, 2.24) is 10.2 Å². The van der Waals surface area contributed by atoms with Crippen LogP contribution in [-0.4, -0.2) is 41.5 Å². The van der Waals surface area contributed by atoms with E-state index in [1.807, 2.05) is 23.6 Å². The number of thiophene rings is 1. The summed E-state index contributed by atoms with van der Waals surface area (Å²) in [5, 5.41) is 14.1. The first-order valence-corrected chi connectivity index (χ1v) is 9.34. The molecule has 1 aromatic heterocycles. The molecule has 0 radical (unpaired) electrons. The Balaban J connectivity index is 1.54. The lowest BCUT2D eigenvalue weighted by molar-refractivity contribution is -0.122. The maximum atomic E-state index is 12.2. The molecule has 1 atom stereocenters. The Morgan fingerprint density at radius 2 is 2.16 bits per heavy atom. The number of piperidine rings is 1. The van der Waals surface area contributed by atoms with Crippen molar-refractivity contribution in [1.29, 1.82) is 0 Å². The summed E-state index contributed by atoms with van der Waals surface area (Å²) in [6.45, 7) is 2.66. The molecule has 2 N–H and O–H groups in total. The number of carboxylic acid groups (broad SMARTS) is 1. The molecule has 3 rings (SSSR count). The van der Waals surface area contributed by atoms with Crippen LogP contribution in [0.1, 0.15) is 39.6 Å². The zero-order valence-corrected chi connectivity index (χ0v) is 14.8. The van der Waals surface area contributed by atoms with Crippen LogP contribution in [0.5, 0.6) is 0 Å². The Morgan fingerprint density at radius 1 is 1.28 bits per heavy atom. The van der Waals surface area contributed by atoms with E-state index in [-0.39, 0.29) is 11.8 Å². The van der Waals surface area contributed by atoms with Gasteiger partial charge in [-0.15, -0.1) is 11.3 Å². The number of amides is 1. The van der Waals surface area contributed by atoms with E-state index in [9.17, 15) is 9.59 Å². The summed E-state index contributed by atoms with van der Waals surface area (Å²) < 4.78 is 0. The second-order valence-electron chi connectivity index (χ2n) is 6.36. The first-order chi connectivity index (χ1) is 12.1. The van der Waals surface area contributed by atoms with Crippen molar-refractivity contribution in [3.05, 3.63) is 57.8 Å². The third kappa shape index (κ3) is 4.90. The molecule has 1 aliphatic heterocycles. The highest BCUT2D eigenvalue weighted by atomic mass is 32.1. The number of nitrogens with one attached hydrogen (secondary N) is 1. The van der Waals surface area contributed by atoms with Gasteiger partial charge < -0.3 is 10.4 Å². The van der Waals surface area contributed by atoms with E-state index in [2.05, 4.69) is 10.2 Å². The van der Waals surface area contributed by atoms with E-state index in [0.29, 0.717) is 18.7 Å². The van der Waals surface area contributed by atoms with Crippen LogP contribution in [0, 0.1) is 0 Å². The molecule has 0 unspecified atom stereocenters. The molecule has 0 bridgehead atoms. The van der Waals surface area contributed by atoms with Gasteiger partial charge in [-0.05, 0) is 54.4 Å². The van der Waals surface area contributed by atoms with Crippen molar-refractivity contribution < 1.29 is 14.7 Å². The number of nitrogens with zero attached hydrogens (tertiary/aromatic N) is 1. The average molecular weight is 358 g/mol. The van der Waals surface area contributed by atoms with E-state index >= 15 is 0 Å². The molecular formula is C19H22N2O3S. The quantitative estimate of drug-likeness (QED) is 0.833. The van der Waals surface area contributed by atoms with Crippen LogP contribution in [0.2, 0.25) is 0 Å². The number of rotatable bonds is 6. The van der Waals surface area contributed by atoms with E-state index in [1.54, 1.807) is 29.5 Å². The van der Waals surface area contributed by atoms with Gasteiger partial charge in [0, 0.05) is 11.4 Å². The SMILES string of the molecule is O=C(CN1CCC[C@H](c2cccc(C(=O)O)c2)C1)NCc1cccs1. The van der Waals surface area contributed by atoms with Crippen LogP contribution < -0.4 is 5.32 Å². The van der Waals surface area contributed by atoms with Crippen molar-refractivity contribution in [2.75, 3.05) is 19.6 Å². The molecule has 2 aromatic rings. The Bertz CT molecular complexity index is 730. The van der Waals surface area contributed by atoms with Gasteiger partial charge in [-0.25, -0.2) is 4.79 Å². The zero-order valence-electron chi connectivity index (χ0n) is 14.0. The van der Waals surface area contributed by atoms with Gasteiger partial charge in [-0.1, -0.05) is 18.2 Å². The molecule has 25 heavy (non-hydrogen) atoms. The van der Waals surface area contributed by atoms with Crippen LogP contribution in [0.15, 0.2) is 41.8 Å². The molecule has 132 valence electrons. The highest BCUT2D eigenvalue weighted by Gasteiger charge is 2.23. The number of hydrogen-bond donors (Lipinski definition) is 2. The maximum Gasteiger partial charge on any atom is 0.335 e. The maximum absolute atomic E-state index is 12.2. The minimum atomic E-state index is -0.900. The molecule has 0 spiro atoms. The summed E-state index contributed by atoms with van der Waals surface area (Å²) in [5.74, 6) is -0.589. The average Bonchev–Trinajstić information content (AvgIpc) is 3.14. The zero-order chi connectivity index (χ0) is 17.6. The highest BCUT2D eigenvalue weighted by Crippen LogP contribution is 2.27. The minimum absolute atomic E-state index is 0.0355. The third-order valence-electron chi connectivity index (χ3n) is 4.52. The number of likely N-dealkylation sites (tertiary alicyclic amines) is 1. The number of carboxylic acids is 1. The van der Waals surface area contributed by atoms with E-state index in [0.717, 1.165) is 36.4 Å². The second kappa shape index (κ2) is 8.27. The first-order valence-electron chi connectivity index (χ1n) is 8.46. The summed E-state index contributed by atoms with van der Waals surface area (Å²) in [4.78, 5) is 26.6. The van der Waals surface area contributed by atoms with E-state index in [1.165, 1.54) is 0 Å². The molecule has 1 aromatic carbocycles. The van der Waals surface area contributed by atoms with Crippen LogP contribution in [-0.2, 0) is 11.3 Å². The standard InChI is InChI=1S/C19H22N2O3S/c22-18(20-11-17-7-3-9-25-17)13-21-8-2-6-16(12-21)14-4-1-5-15(10-14)19(23)24/h1,3-5,7,9-10,16H,2,6,8,11-13H2,(H,20,22)(H,23,24)/t16-/m0/s1. The Kier molecular flexibility index (Phi) is 5.83. The predicted molar refractivity (Wildman–Crippen MR) is 98.0 cm³/mol. The molecule has 1 fully saturated rings. The van der Waals surface area contributed by atoms with Gasteiger partial charge in [0.25, 0.3) is 0 Å². The molecule has 2 heterocycles. The smallest absolute Gasteiger partial charge is 0.335 e. The van der Waals surface area contributed by atoms with Gasteiger partial charge in [-0.2, -0.15) is 0 Å². The van der Waals surface area contributed by atoms with E-state index < -0.39 is 5.97 Å². The van der Waals surface area contributed by atoms with Crippen molar-refractivity contribution in [3.8, 4) is 0 Å². The van der Waals surface area contributed by atoms with Crippen molar-refractivity contribution in [2.24, 2.45) is 0 Å². The topological polar surface area (TPSA) is 69.6 Å². The van der Waals surface area contributed by atoms with Gasteiger partial charge >= 0.3 is 5.97 Å². The third-order valence-corrected chi connectivity index (χ3v) is 5.39. The molecular weight excluding hydrogens is 336 g/mol. The minimum Gasteiger partial charge on any atom is -0.478 e. The normalized spacial score (nSPS) is 18.0. The largest absolute Gasteiger partial charge is 0.478 e. The lowest BCUT2D eigenvalue weighted by Gasteiger charge is -2.32. The van der Waals surface area contributed by atoms with Crippen LogP contribution in [0.4, 0.5) is 0 Å². The van der Waals surface area contributed by atoms with Gasteiger partial charge in [-0.3, -0.25) is 9.69 Å². The molecule has 5 nitrogen and oxygen atoms in total. The van der Waals surface area contributed by atoms with Gasteiger partial charge in [0.2, 0.25) is 5.91 Å². The fourth-order valence-corrected chi connectivity index (χ4v) is 3.90. The van der Waals surface area contributed by atoms with Gasteiger partial charge in [0.15, 0.2) is 0 Å². The number of carbonyl (C=O) groups excluding carboxylic acids is 1. The Labute approximate surface area is 151 Å². The van der Waals surface area contributed by atoms with Crippen LogP contribution in [0.25, 0.3) is 0 Å². The molecule has 1 aliphatic rings. The molecule has 1 saturated heterocycles. The first kappa shape index (κ1) is 17.6. The Hall–Kier alpha value is -2.18. The lowest BCUT2D eigenvalue weighted by Crippen LogP contribution is -2.41. The Morgan fingerprint density at radius 3 is 2.92 bits per heavy atom. The summed E-state index contributed by atoms with van der Waals surface area (Å²) in [7, 11) is 0. The summed E-state index contributed by atoms with van der Waals surface area (Å²) in [5.41, 5.74) is 1.37. The highest BCUT2D eigenvalue weighted by molar-refractivity contribution is 7.09. The van der Waals surface area contributed by atoms with Gasteiger partial charge in [0.1, 0.15) is 0 Å². The summed E-state index contributed by atoms with van der Waals surface area (Å²) in [6, 6.07) is 11.1. The summed E-state index contributed by atoms with van der Waals surface area (Å²) >= 11 is 1.64. The fourth-order valence-electron chi connectivity index (χ4n) is 3.25. The molecule has 0 saturated carbocycles. The monoisotopic (exact) mass is 358 g/mol. The number of aromatic carboxylic acids is 1. The predicted octanol–water partition coefficient (Wildman–Crippen LogP) is 2.94. The van der Waals surface area contributed by atoms with Crippen molar-refractivity contribution in [3.63, 3.8) is 0 Å². The number of hydrogen-bond acceptors (Lipinski definition) is 4.